The van der Waals surface area contributed by atoms with E-state index in [1.807, 2.05) is 30.3 Å². The number of hydrogen-bond donors (Lipinski definition) is 1. The molecule has 0 bridgehead atoms. The van der Waals surface area contributed by atoms with Crippen molar-refractivity contribution in [3.8, 4) is 11.5 Å². The van der Waals surface area contributed by atoms with Crippen LogP contribution in [0.4, 0.5) is 0 Å². The molecule has 1 amide bonds. The largest absolute Gasteiger partial charge is 0.486 e. The van der Waals surface area contributed by atoms with E-state index >= 15 is 0 Å². The molecule has 0 aliphatic carbocycles. The van der Waals surface area contributed by atoms with Crippen LogP contribution in [0.3, 0.4) is 0 Å². The normalized spacial score (nSPS) is 12.5. The fourth-order valence-electron chi connectivity index (χ4n) is 2.89. The standard InChI is InChI=1S/C20H21NO5/c22-18(23)10-5-11-21(14-15-6-2-1-3-7-15)20(24)16-8-4-9-17-19(16)26-13-12-25-17/h1-4,6-9H,5,10-14H2,(H,22,23). The van der Waals surface area contributed by atoms with Crippen molar-refractivity contribution in [1.29, 1.82) is 0 Å². The lowest BCUT2D eigenvalue weighted by molar-refractivity contribution is -0.137. The summed E-state index contributed by atoms with van der Waals surface area (Å²) in [4.78, 5) is 25.6. The molecule has 0 unspecified atom stereocenters. The van der Waals surface area contributed by atoms with Gasteiger partial charge in [0.1, 0.15) is 13.2 Å². The molecule has 0 spiro atoms. The maximum atomic E-state index is 13.1. The van der Waals surface area contributed by atoms with Gasteiger partial charge in [0.15, 0.2) is 11.5 Å². The molecule has 1 aliphatic rings. The maximum Gasteiger partial charge on any atom is 0.303 e. The number of ether oxygens (including phenoxy) is 2. The Bertz CT molecular complexity index is 775. The molecule has 0 aromatic heterocycles. The average Bonchev–Trinajstić information content (AvgIpc) is 2.67. The molecule has 2 aromatic carbocycles. The summed E-state index contributed by atoms with van der Waals surface area (Å²) in [5.74, 6) is -0.0418. The molecule has 1 N–H and O–H groups in total. The molecule has 0 saturated carbocycles. The van der Waals surface area contributed by atoms with Crippen molar-refractivity contribution in [3.63, 3.8) is 0 Å². The highest BCUT2D eigenvalue weighted by atomic mass is 16.6. The number of benzene rings is 2. The van der Waals surface area contributed by atoms with Crippen molar-refractivity contribution in [2.75, 3.05) is 19.8 Å². The Morgan fingerprint density at radius 3 is 2.54 bits per heavy atom. The van der Waals surface area contributed by atoms with Crippen LogP contribution < -0.4 is 9.47 Å². The third-order valence-electron chi connectivity index (χ3n) is 4.12. The minimum atomic E-state index is -0.870. The Kier molecular flexibility index (Phi) is 5.73. The fraction of sp³-hybridized carbons (Fsp3) is 0.300. The predicted molar refractivity (Wildman–Crippen MR) is 95.5 cm³/mol. The van der Waals surface area contributed by atoms with Crippen LogP contribution in [0.2, 0.25) is 0 Å². The van der Waals surface area contributed by atoms with Crippen LogP contribution >= 0.6 is 0 Å². The van der Waals surface area contributed by atoms with Gasteiger partial charge in [-0.15, -0.1) is 0 Å². The van der Waals surface area contributed by atoms with E-state index in [0.717, 1.165) is 5.56 Å². The SMILES string of the molecule is O=C(O)CCCN(Cc1ccccc1)C(=O)c1cccc2c1OCCO2. The zero-order chi connectivity index (χ0) is 18.4. The Morgan fingerprint density at radius 2 is 1.77 bits per heavy atom. The van der Waals surface area contributed by atoms with E-state index in [4.69, 9.17) is 14.6 Å². The third-order valence-corrected chi connectivity index (χ3v) is 4.12. The number of para-hydroxylation sites is 1. The Labute approximate surface area is 152 Å². The summed E-state index contributed by atoms with van der Waals surface area (Å²) in [6.45, 7) is 1.61. The lowest BCUT2D eigenvalue weighted by Crippen LogP contribution is -2.32. The summed E-state index contributed by atoms with van der Waals surface area (Å²) < 4.78 is 11.2. The van der Waals surface area contributed by atoms with E-state index in [2.05, 4.69) is 0 Å². The average molecular weight is 355 g/mol. The molecule has 0 saturated heterocycles. The number of carbonyl (C=O) groups excluding carboxylic acids is 1. The van der Waals surface area contributed by atoms with Gasteiger partial charge >= 0.3 is 5.97 Å². The summed E-state index contributed by atoms with van der Waals surface area (Å²) in [7, 11) is 0. The number of rotatable bonds is 7. The van der Waals surface area contributed by atoms with Crippen LogP contribution in [0.1, 0.15) is 28.8 Å². The van der Waals surface area contributed by atoms with Gasteiger partial charge in [-0.3, -0.25) is 9.59 Å². The molecule has 0 fully saturated rings. The van der Waals surface area contributed by atoms with E-state index in [0.29, 0.717) is 49.8 Å². The highest BCUT2D eigenvalue weighted by molar-refractivity contribution is 5.98. The van der Waals surface area contributed by atoms with E-state index in [1.165, 1.54) is 0 Å². The molecule has 26 heavy (non-hydrogen) atoms. The van der Waals surface area contributed by atoms with Gasteiger partial charge in [0.05, 0.1) is 5.56 Å². The summed E-state index contributed by atoms with van der Waals surface area (Å²) in [5, 5.41) is 8.89. The van der Waals surface area contributed by atoms with Crippen LogP contribution in [-0.2, 0) is 11.3 Å². The van der Waals surface area contributed by atoms with Gasteiger partial charge in [-0.25, -0.2) is 0 Å². The molecule has 3 rings (SSSR count). The zero-order valence-corrected chi connectivity index (χ0v) is 14.4. The summed E-state index contributed by atoms with van der Waals surface area (Å²) in [6, 6.07) is 14.9. The molecule has 136 valence electrons. The molecule has 2 aromatic rings. The lowest BCUT2D eigenvalue weighted by Gasteiger charge is -2.26. The van der Waals surface area contributed by atoms with E-state index in [-0.39, 0.29) is 12.3 Å². The number of amides is 1. The van der Waals surface area contributed by atoms with Gasteiger partial charge in [0, 0.05) is 19.5 Å². The Morgan fingerprint density at radius 1 is 1.00 bits per heavy atom. The van der Waals surface area contributed by atoms with Crippen molar-refractivity contribution in [1.82, 2.24) is 4.90 Å². The van der Waals surface area contributed by atoms with Gasteiger partial charge in [-0.2, -0.15) is 0 Å². The third kappa shape index (κ3) is 4.33. The topological polar surface area (TPSA) is 76.1 Å². The van der Waals surface area contributed by atoms with Crippen molar-refractivity contribution in [2.45, 2.75) is 19.4 Å². The molecular formula is C20H21NO5. The van der Waals surface area contributed by atoms with E-state index in [1.54, 1.807) is 23.1 Å². The first-order valence-electron chi connectivity index (χ1n) is 8.59. The summed E-state index contributed by atoms with van der Waals surface area (Å²) in [5.41, 5.74) is 1.42. The second-order valence-corrected chi connectivity index (χ2v) is 6.04. The molecule has 6 heteroatoms. The molecule has 0 atom stereocenters. The fourth-order valence-corrected chi connectivity index (χ4v) is 2.89. The van der Waals surface area contributed by atoms with Crippen molar-refractivity contribution in [2.24, 2.45) is 0 Å². The summed E-state index contributed by atoms with van der Waals surface area (Å²) >= 11 is 0. The monoisotopic (exact) mass is 355 g/mol. The highest BCUT2D eigenvalue weighted by Gasteiger charge is 2.24. The first-order chi connectivity index (χ1) is 12.6. The molecular weight excluding hydrogens is 334 g/mol. The quantitative estimate of drug-likeness (QED) is 0.826. The Hall–Kier alpha value is -3.02. The number of carbonyl (C=O) groups is 2. The van der Waals surface area contributed by atoms with Crippen molar-refractivity contribution < 1.29 is 24.2 Å². The number of fused-ring (bicyclic) bond motifs is 1. The highest BCUT2D eigenvalue weighted by Crippen LogP contribution is 2.34. The van der Waals surface area contributed by atoms with Gasteiger partial charge < -0.3 is 19.5 Å². The molecule has 1 heterocycles. The molecule has 0 radical (unpaired) electrons. The first kappa shape index (κ1) is 17.8. The number of nitrogens with zero attached hydrogens (tertiary/aromatic N) is 1. The van der Waals surface area contributed by atoms with Gasteiger partial charge in [0.2, 0.25) is 0 Å². The maximum absolute atomic E-state index is 13.1. The second-order valence-electron chi connectivity index (χ2n) is 6.04. The van der Waals surface area contributed by atoms with E-state index in [9.17, 15) is 9.59 Å². The van der Waals surface area contributed by atoms with Crippen LogP contribution in [0.25, 0.3) is 0 Å². The number of aliphatic carboxylic acids is 1. The van der Waals surface area contributed by atoms with Crippen LogP contribution in [-0.4, -0.2) is 41.6 Å². The lowest BCUT2D eigenvalue weighted by atomic mass is 10.1. The predicted octanol–water partition coefficient (Wildman–Crippen LogP) is 2.97. The van der Waals surface area contributed by atoms with Gasteiger partial charge in [-0.1, -0.05) is 36.4 Å². The first-order valence-corrected chi connectivity index (χ1v) is 8.59. The molecule has 6 nitrogen and oxygen atoms in total. The van der Waals surface area contributed by atoms with Crippen LogP contribution in [0.15, 0.2) is 48.5 Å². The van der Waals surface area contributed by atoms with Gasteiger partial charge in [-0.05, 0) is 24.1 Å². The van der Waals surface area contributed by atoms with Crippen molar-refractivity contribution >= 4 is 11.9 Å². The zero-order valence-electron chi connectivity index (χ0n) is 14.4. The van der Waals surface area contributed by atoms with Crippen LogP contribution in [0, 0.1) is 0 Å². The molecule has 1 aliphatic heterocycles. The van der Waals surface area contributed by atoms with Crippen LogP contribution in [0.5, 0.6) is 11.5 Å². The number of carboxylic acid groups (broad SMARTS) is 1. The Balaban J connectivity index is 1.83. The van der Waals surface area contributed by atoms with E-state index < -0.39 is 5.97 Å². The smallest absolute Gasteiger partial charge is 0.303 e. The van der Waals surface area contributed by atoms with Gasteiger partial charge in [0.25, 0.3) is 5.91 Å². The number of carboxylic acids is 1. The second kappa shape index (κ2) is 8.38. The summed E-state index contributed by atoms with van der Waals surface area (Å²) in [6.07, 6.45) is 0.408. The van der Waals surface area contributed by atoms with Crippen molar-refractivity contribution in [3.05, 3.63) is 59.7 Å². The number of hydrogen-bond acceptors (Lipinski definition) is 4. The minimum Gasteiger partial charge on any atom is -0.486 e. The minimum absolute atomic E-state index is 0.0189.